The fourth-order valence-corrected chi connectivity index (χ4v) is 3.07. The zero-order valence-corrected chi connectivity index (χ0v) is 13.3. The van der Waals surface area contributed by atoms with Crippen molar-refractivity contribution in [2.24, 2.45) is 11.7 Å². The number of hydrogen-bond acceptors (Lipinski definition) is 8. The van der Waals surface area contributed by atoms with Gasteiger partial charge in [0.25, 0.3) is 0 Å². The molecule has 1 aliphatic heterocycles. The highest BCUT2D eigenvalue weighted by molar-refractivity contribution is 5.87. The molecule has 3 heterocycles. The Kier molecular flexibility index (Phi) is 4.01. The topological polar surface area (TPSA) is 124 Å². The van der Waals surface area contributed by atoms with Crippen molar-refractivity contribution in [3.05, 3.63) is 23.4 Å². The Labute approximate surface area is 138 Å². The molecule has 24 heavy (non-hydrogen) atoms. The number of hydrogen-bond donors (Lipinski definition) is 1. The first kappa shape index (κ1) is 15.3. The summed E-state index contributed by atoms with van der Waals surface area (Å²) in [6, 6.07) is 0. The third-order valence-corrected chi connectivity index (χ3v) is 4.63. The molecule has 2 aliphatic rings. The molecule has 0 atom stereocenters. The van der Waals surface area contributed by atoms with E-state index in [-0.39, 0.29) is 5.89 Å². The average molecular weight is 332 g/mol. The summed E-state index contributed by atoms with van der Waals surface area (Å²) in [5.74, 6) is 2.38. The van der Waals surface area contributed by atoms with Crippen molar-refractivity contribution in [3.63, 3.8) is 0 Å². The summed E-state index contributed by atoms with van der Waals surface area (Å²) in [6.45, 7) is 2.45. The number of nitrogens with two attached hydrogens (primary N) is 1. The van der Waals surface area contributed by atoms with Crippen LogP contribution in [-0.4, -0.2) is 44.2 Å². The molecule has 1 aliphatic carbocycles. The van der Waals surface area contributed by atoms with E-state index in [4.69, 9.17) is 14.8 Å². The van der Waals surface area contributed by atoms with Gasteiger partial charge in [0.1, 0.15) is 0 Å². The predicted octanol–water partition coefficient (Wildman–Crippen LogP) is 0.884. The lowest BCUT2D eigenvalue weighted by atomic mass is 9.93. The summed E-state index contributed by atoms with van der Waals surface area (Å²) in [6.07, 6.45) is 5.35. The minimum Gasteiger partial charge on any atom is -0.361 e. The molecule has 0 spiro atoms. The standard InChI is InChI=1S/C15H20N6O3/c16-13(22)15-18-12(20-24-15)8-21-5-3-9(4-6-21)7-11-17-14(23-19-11)10-1-2-10/h9-10H,1-8H2,(H2,16,22). The Hall–Kier alpha value is -2.29. The van der Waals surface area contributed by atoms with Gasteiger partial charge in [0.2, 0.25) is 5.89 Å². The summed E-state index contributed by atoms with van der Waals surface area (Å²) in [4.78, 5) is 21.7. The van der Waals surface area contributed by atoms with E-state index in [2.05, 4.69) is 25.2 Å². The zero-order valence-electron chi connectivity index (χ0n) is 13.3. The molecular formula is C15H20N6O3. The van der Waals surface area contributed by atoms with Crippen LogP contribution >= 0.6 is 0 Å². The van der Waals surface area contributed by atoms with E-state index in [1.165, 1.54) is 12.8 Å². The number of likely N-dealkylation sites (tertiary alicyclic amines) is 1. The molecule has 2 N–H and O–H groups in total. The van der Waals surface area contributed by atoms with E-state index in [1.807, 2.05) is 0 Å². The number of primary amides is 1. The van der Waals surface area contributed by atoms with Gasteiger partial charge in [-0.05, 0) is 44.7 Å². The fraction of sp³-hybridized carbons (Fsp3) is 0.667. The number of piperidine rings is 1. The van der Waals surface area contributed by atoms with Crippen molar-refractivity contribution in [3.8, 4) is 0 Å². The molecule has 2 aromatic rings. The molecule has 1 saturated heterocycles. The smallest absolute Gasteiger partial charge is 0.315 e. The van der Waals surface area contributed by atoms with Gasteiger partial charge < -0.3 is 14.8 Å². The van der Waals surface area contributed by atoms with E-state index in [1.54, 1.807) is 0 Å². The molecule has 2 aromatic heterocycles. The van der Waals surface area contributed by atoms with Gasteiger partial charge in [0.15, 0.2) is 11.6 Å². The first-order chi connectivity index (χ1) is 11.7. The van der Waals surface area contributed by atoms with Crippen LogP contribution < -0.4 is 5.73 Å². The van der Waals surface area contributed by atoms with E-state index in [0.29, 0.717) is 24.2 Å². The second-order valence-electron chi connectivity index (χ2n) is 6.63. The monoisotopic (exact) mass is 332 g/mol. The zero-order chi connectivity index (χ0) is 16.5. The van der Waals surface area contributed by atoms with Gasteiger partial charge in [-0.2, -0.15) is 9.97 Å². The normalized spacial score (nSPS) is 19.7. The lowest BCUT2D eigenvalue weighted by Gasteiger charge is -2.30. The van der Waals surface area contributed by atoms with Gasteiger partial charge in [-0.15, -0.1) is 0 Å². The van der Waals surface area contributed by atoms with Gasteiger partial charge in [0, 0.05) is 12.3 Å². The van der Waals surface area contributed by atoms with Crippen molar-refractivity contribution in [1.82, 2.24) is 25.2 Å². The molecule has 128 valence electrons. The minimum atomic E-state index is -0.696. The Morgan fingerprint density at radius 2 is 1.83 bits per heavy atom. The molecule has 1 saturated carbocycles. The van der Waals surface area contributed by atoms with Crippen molar-refractivity contribution in [1.29, 1.82) is 0 Å². The van der Waals surface area contributed by atoms with Gasteiger partial charge in [0.05, 0.1) is 6.54 Å². The molecule has 0 radical (unpaired) electrons. The maximum atomic E-state index is 11.0. The Bertz CT molecular complexity index is 714. The van der Waals surface area contributed by atoms with Crippen LogP contribution in [0.2, 0.25) is 0 Å². The SMILES string of the molecule is NC(=O)c1nc(CN2CCC(Cc3noc(C4CC4)n3)CC2)no1. The number of aromatic nitrogens is 4. The lowest BCUT2D eigenvalue weighted by Crippen LogP contribution is -2.34. The first-order valence-corrected chi connectivity index (χ1v) is 8.34. The summed E-state index contributed by atoms with van der Waals surface area (Å²) in [5, 5.41) is 7.88. The maximum absolute atomic E-state index is 11.0. The van der Waals surface area contributed by atoms with Crippen LogP contribution in [0.1, 0.15) is 59.8 Å². The summed E-state index contributed by atoms with van der Waals surface area (Å²) < 4.78 is 10.1. The minimum absolute atomic E-state index is 0.136. The van der Waals surface area contributed by atoms with Crippen LogP contribution in [0.5, 0.6) is 0 Å². The summed E-state index contributed by atoms with van der Waals surface area (Å²) >= 11 is 0. The second kappa shape index (κ2) is 6.31. The molecule has 9 nitrogen and oxygen atoms in total. The highest BCUT2D eigenvalue weighted by Gasteiger charge is 2.30. The molecule has 0 unspecified atom stereocenters. The van der Waals surface area contributed by atoms with E-state index in [0.717, 1.165) is 44.1 Å². The van der Waals surface area contributed by atoms with Gasteiger partial charge in [-0.1, -0.05) is 10.3 Å². The van der Waals surface area contributed by atoms with Crippen molar-refractivity contribution in [2.75, 3.05) is 13.1 Å². The number of carbonyl (C=O) groups is 1. The molecule has 9 heteroatoms. The van der Waals surface area contributed by atoms with Crippen molar-refractivity contribution < 1.29 is 13.8 Å². The number of amides is 1. The first-order valence-electron chi connectivity index (χ1n) is 8.34. The van der Waals surface area contributed by atoms with Crippen LogP contribution in [0.15, 0.2) is 9.05 Å². The Balaban J connectivity index is 1.25. The second-order valence-corrected chi connectivity index (χ2v) is 6.63. The number of rotatable bonds is 6. The molecule has 1 amide bonds. The lowest BCUT2D eigenvalue weighted by molar-refractivity contribution is 0.0958. The average Bonchev–Trinajstić information content (AvgIpc) is 3.13. The third-order valence-electron chi connectivity index (χ3n) is 4.63. The molecule has 4 rings (SSSR count). The van der Waals surface area contributed by atoms with Crippen LogP contribution in [0.25, 0.3) is 0 Å². The quantitative estimate of drug-likeness (QED) is 0.826. The summed E-state index contributed by atoms with van der Waals surface area (Å²) in [5.41, 5.74) is 5.11. The van der Waals surface area contributed by atoms with Crippen LogP contribution in [-0.2, 0) is 13.0 Å². The number of carbonyl (C=O) groups excluding carboxylic acids is 1. The number of nitrogens with zero attached hydrogens (tertiary/aromatic N) is 5. The van der Waals surface area contributed by atoms with E-state index < -0.39 is 5.91 Å². The molecule has 2 fully saturated rings. The van der Waals surface area contributed by atoms with Crippen molar-refractivity contribution in [2.45, 2.75) is 44.6 Å². The van der Waals surface area contributed by atoms with Crippen molar-refractivity contribution >= 4 is 5.91 Å². The van der Waals surface area contributed by atoms with Crippen LogP contribution in [0.3, 0.4) is 0 Å². The molecule has 0 bridgehead atoms. The van der Waals surface area contributed by atoms with Crippen LogP contribution in [0, 0.1) is 5.92 Å². The Morgan fingerprint density at radius 1 is 1.08 bits per heavy atom. The van der Waals surface area contributed by atoms with E-state index >= 15 is 0 Å². The summed E-state index contributed by atoms with van der Waals surface area (Å²) in [7, 11) is 0. The maximum Gasteiger partial charge on any atom is 0.315 e. The molecular weight excluding hydrogens is 312 g/mol. The Morgan fingerprint density at radius 3 is 2.50 bits per heavy atom. The fourth-order valence-electron chi connectivity index (χ4n) is 3.07. The largest absolute Gasteiger partial charge is 0.361 e. The van der Waals surface area contributed by atoms with Crippen LogP contribution in [0.4, 0.5) is 0 Å². The highest BCUT2D eigenvalue weighted by Crippen LogP contribution is 2.39. The van der Waals surface area contributed by atoms with Gasteiger partial charge >= 0.3 is 11.8 Å². The third kappa shape index (κ3) is 3.45. The predicted molar refractivity (Wildman–Crippen MR) is 80.8 cm³/mol. The van der Waals surface area contributed by atoms with Gasteiger partial charge in [-0.25, -0.2) is 0 Å². The highest BCUT2D eigenvalue weighted by atomic mass is 16.5. The molecule has 0 aromatic carbocycles. The van der Waals surface area contributed by atoms with E-state index in [9.17, 15) is 4.79 Å². The van der Waals surface area contributed by atoms with Gasteiger partial charge in [-0.3, -0.25) is 9.69 Å².